The summed E-state index contributed by atoms with van der Waals surface area (Å²) in [6.07, 6.45) is 0.766. The Morgan fingerprint density at radius 1 is 1.55 bits per heavy atom. The fourth-order valence-electron chi connectivity index (χ4n) is 2.07. The third-order valence-electron chi connectivity index (χ3n) is 3.55. The molecule has 2 rings (SSSR count). The van der Waals surface area contributed by atoms with Gasteiger partial charge in [0.1, 0.15) is 11.9 Å². The number of halogens is 1. The molecule has 1 fully saturated rings. The zero-order valence-corrected chi connectivity index (χ0v) is 14.1. The lowest BCUT2D eigenvalue weighted by atomic mass is 10.2. The van der Waals surface area contributed by atoms with E-state index in [9.17, 15) is 17.6 Å². The summed E-state index contributed by atoms with van der Waals surface area (Å²) < 4.78 is 39.7. The van der Waals surface area contributed by atoms with Crippen molar-refractivity contribution in [2.45, 2.75) is 37.2 Å². The number of hydrogen-bond acceptors (Lipinski definition) is 4. The number of nitrogens with zero attached hydrogens (tertiary/aromatic N) is 1. The molecule has 1 saturated heterocycles. The first kappa shape index (κ1) is 17.2. The third kappa shape index (κ3) is 3.61. The van der Waals surface area contributed by atoms with Crippen molar-refractivity contribution < 1.29 is 17.6 Å². The minimum Gasteiger partial charge on any atom is -0.352 e. The van der Waals surface area contributed by atoms with Gasteiger partial charge in [0.05, 0.1) is 10.8 Å². The fourth-order valence-corrected chi connectivity index (χ4v) is 5.26. The van der Waals surface area contributed by atoms with E-state index in [0.29, 0.717) is 5.75 Å². The van der Waals surface area contributed by atoms with Gasteiger partial charge in [0.15, 0.2) is 0 Å². The molecule has 5 nitrogen and oxygen atoms in total. The Labute approximate surface area is 134 Å². The van der Waals surface area contributed by atoms with Crippen molar-refractivity contribution in [2.75, 3.05) is 11.6 Å². The first-order valence-corrected chi connectivity index (χ1v) is 9.61. The molecule has 0 radical (unpaired) electrons. The Hall–Kier alpha value is -1.12. The molecular weight excluding hydrogens is 327 g/mol. The quantitative estimate of drug-likeness (QED) is 0.883. The van der Waals surface area contributed by atoms with Crippen molar-refractivity contribution in [3.63, 3.8) is 0 Å². The minimum atomic E-state index is -3.89. The van der Waals surface area contributed by atoms with Crippen molar-refractivity contribution >= 4 is 27.7 Å². The van der Waals surface area contributed by atoms with Crippen LogP contribution in [0.1, 0.15) is 20.3 Å². The highest BCUT2D eigenvalue weighted by Gasteiger charge is 2.40. The maximum absolute atomic E-state index is 13.3. The van der Waals surface area contributed by atoms with Gasteiger partial charge in [-0.2, -0.15) is 4.31 Å². The molecule has 22 heavy (non-hydrogen) atoms. The molecule has 1 N–H and O–H groups in total. The standard InChI is InChI=1S/C14H19FN2O3S2/c1-3-10(2)16-14(18)13-8-21-9-17(13)22(19,20)12-6-4-5-11(15)7-12/h4-7,10,13H,3,8-9H2,1-2H3,(H,16,18)/t10-,13-/m0/s1. The van der Waals surface area contributed by atoms with E-state index < -0.39 is 21.9 Å². The summed E-state index contributed by atoms with van der Waals surface area (Å²) in [5.41, 5.74) is 0. The van der Waals surface area contributed by atoms with E-state index in [2.05, 4.69) is 5.32 Å². The van der Waals surface area contributed by atoms with E-state index in [0.717, 1.165) is 16.8 Å². The van der Waals surface area contributed by atoms with Crippen LogP contribution in [0, 0.1) is 5.82 Å². The van der Waals surface area contributed by atoms with E-state index in [4.69, 9.17) is 0 Å². The highest BCUT2D eigenvalue weighted by atomic mass is 32.2. The van der Waals surface area contributed by atoms with Gasteiger partial charge < -0.3 is 5.32 Å². The van der Waals surface area contributed by atoms with Gasteiger partial charge in [-0.15, -0.1) is 11.8 Å². The van der Waals surface area contributed by atoms with Gasteiger partial charge >= 0.3 is 0 Å². The Bertz CT molecular complexity index is 651. The van der Waals surface area contributed by atoms with E-state index in [-0.39, 0.29) is 22.7 Å². The van der Waals surface area contributed by atoms with Crippen molar-refractivity contribution in [3.05, 3.63) is 30.1 Å². The molecule has 1 amide bonds. The van der Waals surface area contributed by atoms with E-state index >= 15 is 0 Å². The van der Waals surface area contributed by atoms with Crippen LogP contribution in [0.4, 0.5) is 4.39 Å². The van der Waals surface area contributed by atoms with Crippen molar-refractivity contribution in [3.8, 4) is 0 Å². The molecule has 0 saturated carbocycles. The van der Waals surface area contributed by atoms with Gasteiger partial charge in [-0.3, -0.25) is 4.79 Å². The second kappa shape index (κ2) is 6.97. The van der Waals surface area contributed by atoms with Crippen LogP contribution in [0.15, 0.2) is 29.2 Å². The van der Waals surface area contributed by atoms with Crippen LogP contribution in [0.5, 0.6) is 0 Å². The van der Waals surface area contributed by atoms with Gasteiger partial charge in [-0.05, 0) is 31.5 Å². The van der Waals surface area contributed by atoms with Crippen molar-refractivity contribution in [2.24, 2.45) is 0 Å². The average Bonchev–Trinajstić information content (AvgIpc) is 2.97. The summed E-state index contributed by atoms with van der Waals surface area (Å²) in [6, 6.07) is 4.07. The Balaban J connectivity index is 2.24. The van der Waals surface area contributed by atoms with Gasteiger partial charge in [-0.1, -0.05) is 13.0 Å². The number of benzene rings is 1. The van der Waals surface area contributed by atoms with Gasteiger partial charge in [0, 0.05) is 11.8 Å². The van der Waals surface area contributed by atoms with E-state index in [1.54, 1.807) is 0 Å². The molecule has 1 aliphatic rings. The average molecular weight is 346 g/mol. The number of amides is 1. The number of hydrogen-bond donors (Lipinski definition) is 1. The number of rotatable bonds is 5. The van der Waals surface area contributed by atoms with Crippen LogP contribution in [0.2, 0.25) is 0 Å². The normalized spacial score (nSPS) is 20.8. The highest BCUT2D eigenvalue weighted by molar-refractivity contribution is 8.00. The van der Waals surface area contributed by atoms with Crippen molar-refractivity contribution in [1.82, 2.24) is 9.62 Å². The molecular formula is C14H19FN2O3S2. The maximum Gasteiger partial charge on any atom is 0.244 e. The smallest absolute Gasteiger partial charge is 0.244 e. The molecule has 0 aromatic heterocycles. The second-order valence-corrected chi connectivity index (χ2v) is 8.07. The number of carbonyl (C=O) groups excluding carboxylic acids is 1. The summed E-state index contributed by atoms with van der Waals surface area (Å²) in [5.74, 6) is -0.332. The lowest BCUT2D eigenvalue weighted by Crippen LogP contribution is -2.49. The van der Waals surface area contributed by atoms with Gasteiger partial charge in [-0.25, -0.2) is 12.8 Å². The molecule has 1 aliphatic heterocycles. The molecule has 0 bridgehead atoms. The molecule has 1 aromatic rings. The Morgan fingerprint density at radius 2 is 2.27 bits per heavy atom. The number of sulfonamides is 1. The first-order valence-electron chi connectivity index (χ1n) is 7.01. The zero-order chi connectivity index (χ0) is 16.3. The lowest BCUT2D eigenvalue weighted by Gasteiger charge is -2.24. The Morgan fingerprint density at radius 3 is 2.91 bits per heavy atom. The molecule has 0 unspecified atom stereocenters. The zero-order valence-electron chi connectivity index (χ0n) is 12.5. The summed E-state index contributed by atoms with van der Waals surface area (Å²) in [7, 11) is -3.89. The molecule has 0 spiro atoms. The summed E-state index contributed by atoms with van der Waals surface area (Å²) >= 11 is 1.37. The van der Waals surface area contributed by atoms with E-state index in [1.165, 1.54) is 30.0 Å². The summed E-state index contributed by atoms with van der Waals surface area (Å²) in [6.45, 7) is 3.81. The van der Waals surface area contributed by atoms with Crippen LogP contribution in [0.3, 0.4) is 0 Å². The van der Waals surface area contributed by atoms with Crippen LogP contribution in [-0.4, -0.2) is 42.3 Å². The molecule has 1 heterocycles. The van der Waals surface area contributed by atoms with Crippen molar-refractivity contribution in [1.29, 1.82) is 0 Å². The van der Waals surface area contributed by atoms with Crippen LogP contribution >= 0.6 is 11.8 Å². The van der Waals surface area contributed by atoms with Gasteiger partial charge in [0.2, 0.25) is 15.9 Å². The maximum atomic E-state index is 13.3. The highest BCUT2D eigenvalue weighted by Crippen LogP contribution is 2.28. The largest absolute Gasteiger partial charge is 0.352 e. The van der Waals surface area contributed by atoms with Crippen LogP contribution in [-0.2, 0) is 14.8 Å². The Kier molecular flexibility index (Phi) is 5.46. The molecule has 122 valence electrons. The predicted molar refractivity (Wildman–Crippen MR) is 84.4 cm³/mol. The molecule has 1 aromatic carbocycles. The molecule has 2 atom stereocenters. The second-order valence-electron chi connectivity index (χ2n) is 5.18. The fraction of sp³-hybridized carbons (Fsp3) is 0.500. The number of nitrogens with one attached hydrogen (secondary N) is 1. The number of thioether (sulfide) groups is 1. The minimum absolute atomic E-state index is 0.0168. The van der Waals surface area contributed by atoms with Crippen LogP contribution in [0.25, 0.3) is 0 Å². The summed E-state index contributed by atoms with van der Waals surface area (Å²) in [4.78, 5) is 12.1. The van der Waals surface area contributed by atoms with Gasteiger partial charge in [0.25, 0.3) is 0 Å². The molecule has 0 aliphatic carbocycles. The van der Waals surface area contributed by atoms with E-state index in [1.807, 2.05) is 13.8 Å². The lowest BCUT2D eigenvalue weighted by molar-refractivity contribution is -0.124. The first-order chi connectivity index (χ1) is 10.4. The SMILES string of the molecule is CC[C@H](C)NC(=O)[C@@H]1CSCN1S(=O)(=O)c1cccc(F)c1. The topological polar surface area (TPSA) is 66.5 Å². The monoisotopic (exact) mass is 346 g/mol. The third-order valence-corrected chi connectivity index (χ3v) is 6.57. The predicted octanol–water partition coefficient (Wildman–Crippen LogP) is 1.80. The summed E-state index contributed by atoms with van der Waals surface area (Å²) in [5, 5.41) is 2.80. The van der Waals surface area contributed by atoms with Crippen LogP contribution < -0.4 is 5.32 Å². The molecule has 8 heteroatoms. The number of carbonyl (C=O) groups is 1.